The monoisotopic (exact) mass is 215 g/mol. The molecule has 1 aromatic rings. The van der Waals surface area contributed by atoms with Crippen LogP contribution in [-0.2, 0) is 0 Å². The fourth-order valence-corrected chi connectivity index (χ4v) is 2.77. The van der Waals surface area contributed by atoms with Crippen molar-refractivity contribution in [3.05, 3.63) is 30.1 Å². The number of aryl methyl sites for hydroxylation is 1. The number of allylic oxidation sites excluding steroid dienone is 2. The summed E-state index contributed by atoms with van der Waals surface area (Å²) in [5.41, 5.74) is 1.05. The maximum Gasteiger partial charge on any atom is 0.225 e. The van der Waals surface area contributed by atoms with Gasteiger partial charge in [-0.1, -0.05) is 12.2 Å². The van der Waals surface area contributed by atoms with E-state index in [-0.39, 0.29) is 0 Å². The van der Waals surface area contributed by atoms with Gasteiger partial charge >= 0.3 is 0 Å². The molecule has 1 aliphatic heterocycles. The van der Waals surface area contributed by atoms with Crippen LogP contribution in [0.25, 0.3) is 0 Å². The predicted octanol–water partition coefficient (Wildman–Crippen LogP) is 2.19. The standard InChI is InChI=1S/C13H17N3/c1-10-6-7-14-13(15-10)16-8-11-4-2-3-5-12(11)9-16/h2-3,6-7,11-12H,4-5,8-9H2,1H3. The minimum absolute atomic E-state index is 0.814. The van der Waals surface area contributed by atoms with E-state index in [4.69, 9.17) is 0 Å². The Morgan fingerprint density at radius 1 is 1.19 bits per heavy atom. The maximum absolute atomic E-state index is 4.51. The van der Waals surface area contributed by atoms with Gasteiger partial charge in [0.15, 0.2) is 0 Å². The highest BCUT2D eigenvalue weighted by Crippen LogP contribution is 2.34. The van der Waals surface area contributed by atoms with Gasteiger partial charge in [0.05, 0.1) is 0 Å². The second-order valence-electron chi connectivity index (χ2n) is 4.87. The Morgan fingerprint density at radius 3 is 2.50 bits per heavy atom. The van der Waals surface area contributed by atoms with Crippen molar-refractivity contribution < 1.29 is 0 Å². The van der Waals surface area contributed by atoms with Gasteiger partial charge in [0.2, 0.25) is 5.95 Å². The van der Waals surface area contributed by atoms with Crippen molar-refractivity contribution in [1.82, 2.24) is 9.97 Å². The van der Waals surface area contributed by atoms with Gasteiger partial charge in [-0.25, -0.2) is 9.97 Å². The van der Waals surface area contributed by atoms with Gasteiger partial charge in [0.1, 0.15) is 0 Å². The van der Waals surface area contributed by atoms with Gasteiger partial charge in [0.25, 0.3) is 0 Å². The smallest absolute Gasteiger partial charge is 0.225 e. The molecule has 1 saturated heterocycles. The van der Waals surface area contributed by atoms with Gasteiger partial charge in [-0.3, -0.25) is 0 Å². The van der Waals surface area contributed by atoms with Crippen LogP contribution in [0.15, 0.2) is 24.4 Å². The molecule has 3 heteroatoms. The topological polar surface area (TPSA) is 29.0 Å². The second-order valence-corrected chi connectivity index (χ2v) is 4.87. The Hall–Kier alpha value is -1.38. The molecule has 1 aromatic heterocycles. The van der Waals surface area contributed by atoms with Crippen LogP contribution in [0.1, 0.15) is 18.5 Å². The Labute approximate surface area is 96.2 Å². The van der Waals surface area contributed by atoms with E-state index in [9.17, 15) is 0 Å². The molecule has 1 aliphatic carbocycles. The third-order valence-corrected chi connectivity index (χ3v) is 3.69. The van der Waals surface area contributed by atoms with E-state index in [1.807, 2.05) is 19.2 Å². The van der Waals surface area contributed by atoms with Gasteiger partial charge in [0, 0.05) is 25.0 Å². The van der Waals surface area contributed by atoms with Crippen LogP contribution >= 0.6 is 0 Å². The van der Waals surface area contributed by atoms with Crippen LogP contribution in [0, 0.1) is 18.8 Å². The zero-order chi connectivity index (χ0) is 11.0. The highest BCUT2D eigenvalue weighted by Gasteiger charge is 2.33. The average Bonchev–Trinajstić information content (AvgIpc) is 2.72. The second kappa shape index (κ2) is 3.89. The molecule has 1 fully saturated rings. The summed E-state index contributed by atoms with van der Waals surface area (Å²) in [5.74, 6) is 2.54. The lowest BCUT2D eigenvalue weighted by Crippen LogP contribution is -2.22. The van der Waals surface area contributed by atoms with Crippen molar-refractivity contribution in [2.24, 2.45) is 11.8 Å². The lowest BCUT2D eigenvalue weighted by Gasteiger charge is -2.17. The number of rotatable bonds is 1. The van der Waals surface area contributed by atoms with Gasteiger partial charge in [-0.05, 0) is 37.7 Å². The highest BCUT2D eigenvalue weighted by atomic mass is 15.3. The van der Waals surface area contributed by atoms with E-state index in [0.29, 0.717) is 0 Å². The number of fused-ring (bicyclic) bond motifs is 1. The summed E-state index contributed by atoms with van der Waals surface area (Å²) < 4.78 is 0. The first-order valence-electron chi connectivity index (χ1n) is 6.02. The molecular formula is C13H17N3. The molecule has 0 bridgehead atoms. The van der Waals surface area contributed by atoms with Crippen LogP contribution in [-0.4, -0.2) is 23.1 Å². The molecule has 0 spiro atoms. The first kappa shape index (κ1) is 9.82. The van der Waals surface area contributed by atoms with Crippen molar-refractivity contribution in [2.75, 3.05) is 18.0 Å². The van der Waals surface area contributed by atoms with E-state index in [2.05, 4.69) is 27.0 Å². The lowest BCUT2D eigenvalue weighted by molar-refractivity contribution is 0.411. The van der Waals surface area contributed by atoms with E-state index >= 15 is 0 Å². The highest BCUT2D eigenvalue weighted by molar-refractivity contribution is 5.33. The van der Waals surface area contributed by atoms with Crippen molar-refractivity contribution in [3.8, 4) is 0 Å². The summed E-state index contributed by atoms with van der Waals surface area (Å²) in [6.45, 7) is 4.27. The fraction of sp³-hybridized carbons (Fsp3) is 0.538. The third-order valence-electron chi connectivity index (χ3n) is 3.69. The Kier molecular flexibility index (Phi) is 2.39. The number of hydrogen-bond donors (Lipinski definition) is 0. The molecule has 2 atom stereocenters. The molecule has 84 valence electrons. The van der Waals surface area contributed by atoms with Crippen LogP contribution in [0.2, 0.25) is 0 Å². The molecular weight excluding hydrogens is 198 g/mol. The zero-order valence-electron chi connectivity index (χ0n) is 9.63. The van der Waals surface area contributed by atoms with Crippen molar-refractivity contribution in [1.29, 1.82) is 0 Å². The molecule has 0 N–H and O–H groups in total. The largest absolute Gasteiger partial charge is 0.340 e. The summed E-state index contributed by atoms with van der Waals surface area (Å²) in [4.78, 5) is 11.2. The van der Waals surface area contributed by atoms with E-state index in [1.165, 1.54) is 12.8 Å². The first-order valence-corrected chi connectivity index (χ1v) is 6.02. The Bertz CT molecular complexity index is 397. The van der Waals surface area contributed by atoms with Crippen LogP contribution in [0.3, 0.4) is 0 Å². The Balaban J connectivity index is 1.79. The molecule has 0 saturated carbocycles. The van der Waals surface area contributed by atoms with Crippen LogP contribution < -0.4 is 4.90 Å². The Morgan fingerprint density at radius 2 is 1.88 bits per heavy atom. The molecule has 2 aliphatic rings. The summed E-state index contributed by atoms with van der Waals surface area (Å²) >= 11 is 0. The van der Waals surface area contributed by atoms with Gasteiger partial charge < -0.3 is 4.90 Å². The molecule has 16 heavy (non-hydrogen) atoms. The molecule has 0 amide bonds. The maximum atomic E-state index is 4.51. The van der Waals surface area contributed by atoms with Crippen LogP contribution in [0.4, 0.5) is 5.95 Å². The number of hydrogen-bond acceptors (Lipinski definition) is 3. The quantitative estimate of drug-likeness (QED) is 0.672. The van der Waals surface area contributed by atoms with Crippen molar-refractivity contribution >= 4 is 5.95 Å². The molecule has 3 nitrogen and oxygen atoms in total. The van der Waals surface area contributed by atoms with Gasteiger partial charge in [-0.15, -0.1) is 0 Å². The van der Waals surface area contributed by atoms with Crippen LogP contribution in [0.5, 0.6) is 0 Å². The molecule has 2 heterocycles. The van der Waals surface area contributed by atoms with Crippen molar-refractivity contribution in [3.63, 3.8) is 0 Å². The van der Waals surface area contributed by atoms with E-state index < -0.39 is 0 Å². The molecule has 3 rings (SSSR count). The predicted molar refractivity (Wildman–Crippen MR) is 64.3 cm³/mol. The summed E-state index contributed by atoms with van der Waals surface area (Å²) in [5, 5.41) is 0. The summed E-state index contributed by atoms with van der Waals surface area (Å²) in [6.07, 6.45) is 8.96. The fourth-order valence-electron chi connectivity index (χ4n) is 2.77. The summed E-state index contributed by atoms with van der Waals surface area (Å²) in [7, 11) is 0. The SMILES string of the molecule is Cc1ccnc(N2CC3CC=CCC3C2)n1. The minimum atomic E-state index is 0.814. The van der Waals surface area contributed by atoms with E-state index in [0.717, 1.165) is 36.6 Å². The molecule has 0 aromatic carbocycles. The summed E-state index contributed by atoms with van der Waals surface area (Å²) in [6, 6.07) is 1.95. The zero-order valence-corrected chi connectivity index (χ0v) is 9.63. The normalized spacial score (nSPS) is 28.2. The lowest BCUT2D eigenvalue weighted by atomic mass is 9.86. The number of aromatic nitrogens is 2. The first-order chi connectivity index (χ1) is 7.83. The van der Waals surface area contributed by atoms with Crippen molar-refractivity contribution in [2.45, 2.75) is 19.8 Å². The van der Waals surface area contributed by atoms with E-state index in [1.54, 1.807) is 0 Å². The number of anilines is 1. The molecule has 2 unspecified atom stereocenters. The average molecular weight is 215 g/mol. The number of nitrogens with zero attached hydrogens (tertiary/aromatic N) is 3. The van der Waals surface area contributed by atoms with Gasteiger partial charge in [-0.2, -0.15) is 0 Å². The third kappa shape index (κ3) is 1.70. The molecule has 0 radical (unpaired) electrons. The minimum Gasteiger partial charge on any atom is -0.340 e.